The van der Waals surface area contributed by atoms with Crippen LogP contribution in [0, 0.1) is 17.8 Å². The summed E-state index contributed by atoms with van der Waals surface area (Å²) in [6.07, 6.45) is 6.18. The van der Waals surface area contributed by atoms with E-state index in [-0.39, 0.29) is 11.3 Å². The van der Waals surface area contributed by atoms with Gasteiger partial charge in [0.05, 0.1) is 0 Å². The first-order valence-corrected chi connectivity index (χ1v) is 10.9. The normalized spacial score (nSPS) is 25.2. The molecule has 2 fully saturated rings. The van der Waals surface area contributed by atoms with Crippen LogP contribution in [0.5, 0.6) is 0 Å². The van der Waals surface area contributed by atoms with Crippen molar-refractivity contribution in [3.63, 3.8) is 0 Å². The highest BCUT2D eigenvalue weighted by Crippen LogP contribution is 2.52. The molecule has 0 N–H and O–H groups in total. The highest BCUT2D eigenvalue weighted by Gasteiger charge is 2.51. The number of hydrogen-bond acceptors (Lipinski definition) is 4. The average Bonchev–Trinajstić information content (AvgIpc) is 3.33. The number of likely N-dealkylation sites (tertiary alicyclic amines) is 1. The maximum absolute atomic E-state index is 13.4. The number of nitrogens with zero attached hydrogens (tertiary/aromatic N) is 4. The highest BCUT2D eigenvalue weighted by molar-refractivity contribution is 5.98. The fraction of sp³-hybridized carbons (Fsp3) is 0.542. The lowest BCUT2D eigenvalue weighted by atomic mass is 9.65. The zero-order valence-electron chi connectivity index (χ0n) is 18.3. The molecular weight excluding hydrogens is 376 g/mol. The third-order valence-corrected chi connectivity index (χ3v) is 6.83. The van der Waals surface area contributed by atoms with Gasteiger partial charge in [0, 0.05) is 48.2 Å². The molecule has 5 rings (SSSR count). The van der Waals surface area contributed by atoms with Crippen molar-refractivity contribution < 1.29 is 9.32 Å². The van der Waals surface area contributed by atoms with E-state index in [4.69, 9.17) is 4.52 Å². The van der Waals surface area contributed by atoms with E-state index in [0.717, 1.165) is 42.4 Å². The van der Waals surface area contributed by atoms with Crippen molar-refractivity contribution in [1.82, 2.24) is 19.6 Å². The number of rotatable bonds is 4. The molecule has 0 spiro atoms. The van der Waals surface area contributed by atoms with Crippen molar-refractivity contribution in [1.29, 1.82) is 0 Å². The van der Waals surface area contributed by atoms with Crippen molar-refractivity contribution >= 4 is 16.8 Å². The maximum atomic E-state index is 13.4. The smallest absolute Gasteiger partial charge is 0.254 e. The second kappa shape index (κ2) is 6.69. The van der Waals surface area contributed by atoms with Gasteiger partial charge in [-0.25, -0.2) is 0 Å². The van der Waals surface area contributed by atoms with Crippen LogP contribution in [0.15, 0.2) is 35.0 Å². The van der Waals surface area contributed by atoms with Crippen molar-refractivity contribution in [2.75, 3.05) is 6.54 Å². The van der Waals surface area contributed by atoms with Gasteiger partial charge in [-0.1, -0.05) is 25.9 Å². The lowest BCUT2D eigenvalue weighted by Gasteiger charge is -2.39. The van der Waals surface area contributed by atoms with Crippen LogP contribution in [0.4, 0.5) is 0 Å². The van der Waals surface area contributed by atoms with E-state index in [1.807, 2.05) is 19.1 Å². The second-order valence-electron chi connectivity index (χ2n) is 10.4. The van der Waals surface area contributed by atoms with Crippen LogP contribution < -0.4 is 0 Å². The summed E-state index contributed by atoms with van der Waals surface area (Å²) in [5.41, 5.74) is 2.48. The summed E-state index contributed by atoms with van der Waals surface area (Å²) in [4.78, 5) is 19.8. The van der Waals surface area contributed by atoms with Gasteiger partial charge in [-0.15, -0.1) is 0 Å². The average molecular weight is 407 g/mol. The minimum Gasteiger partial charge on any atom is -0.347 e. The summed E-state index contributed by atoms with van der Waals surface area (Å²) in [5.74, 6) is 1.49. The van der Waals surface area contributed by atoms with Gasteiger partial charge in [-0.3, -0.25) is 4.79 Å². The number of aryl methyl sites for hydroxylation is 3. The molecule has 6 nitrogen and oxygen atoms in total. The molecule has 1 aromatic carbocycles. The summed E-state index contributed by atoms with van der Waals surface area (Å²) in [5, 5.41) is 4.94. The van der Waals surface area contributed by atoms with Gasteiger partial charge in [0.25, 0.3) is 5.91 Å². The molecule has 6 heteroatoms. The van der Waals surface area contributed by atoms with E-state index in [0.29, 0.717) is 29.6 Å². The van der Waals surface area contributed by atoms with Crippen molar-refractivity contribution in [2.45, 2.75) is 66.0 Å². The lowest BCUT2D eigenvalue weighted by molar-refractivity contribution is 0.0708. The third kappa shape index (κ3) is 3.42. The van der Waals surface area contributed by atoms with Crippen molar-refractivity contribution in [3.8, 4) is 0 Å². The third-order valence-electron chi connectivity index (χ3n) is 6.83. The van der Waals surface area contributed by atoms with Crippen molar-refractivity contribution in [3.05, 3.63) is 47.7 Å². The Morgan fingerprint density at radius 1 is 1.23 bits per heavy atom. The Bertz CT molecular complexity index is 1110. The number of amides is 1. The van der Waals surface area contributed by atoms with Gasteiger partial charge in [-0.2, -0.15) is 4.98 Å². The van der Waals surface area contributed by atoms with Crippen LogP contribution in [0.25, 0.3) is 10.9 Å². The predicted molar refractivity (Wildman–Crippen MR) is 115 cm³/mol. The van der Waals surface area contributed by atoms with E-state index in [9.17, 15) is 4.79 Å². The maximum Gasteiger partial charge on any atom is 0.254 e. The molecule has 158 valence electrons. The fourth-order valence-electron chi connectivity index (χ4n) is 6.05. The van der Waals surface area contributed by atoms with Crippen molar-refractivity contribution in [2.24, 2.45) is 10.8 Å². The number of benzene rings is 1. The summed E-state index contributed by atoms with van der Waals surface area (Å²) in [6.45, 7) is 10.5. The number of aromatic nitrogens is 3. The van der Waals surface area contributed by atoms with Gasteiger partial charge in [0.15, 0.2) is 5.82 Å². The van der Waals surface area contributed by atoms with Gasteiger partial charge in [0.2, 0.25) is 5.89 Å². The molecule has 3 aromatic rings. The highest BCUT2D eigenvalue weighted by atomic mass is 16.5. The molecule has 30 heavy (non-hydrogen) atoms. The van der Waals surface area contributed by atoms with Crippen LogP contribution >= 0.6 is 0 Å². The minimum absolute atomic E-state index is 0.178. The largest absolute Gasteiger partial charge is 0.347 e. The van der Waals surface area contributed by atoms with Crippen LogP contribution in [-0.4, -0.2) is 38.1 Å². The molecule has 2 atom stereocenters. The first-order valence-electron chi connectivity index (χ1n) is 10.9. The van der Waals surface area contributed by atoms with Crippen LogP contribution in [0.1, 0.15) is 62.1 Å². The Labute approximate surface area is 177 Å². The van der Waals surface area contributed by atoms with E-state index >= 15 is 0 Å². The Hall–Kier alpha value is -2.63. The lowest BCUT2D eigenvalue weighted by Crippen LogP contribution is -2.37. The fourth-order valence-corrected chi connectivity index (χ4v) is 6.05. The molecule has 1 saturated carbocycles. The summed E-state index contributed by atoms with van der Waals surface area (Å²) in [7, 11) is 0. The predicted octanol–water partition coefficient (Wildman–Crippen LogP) is 4.62. The first kappa shape index (κ1) is 19.3. The number of carbonyl (C=O) groups is 1. The summed E-state index contributed by atoms with van der Waals surface area (Å²) in [6, 6.07) is 8.53. The number of fused-ring (bicyclic) bond motifs is 3. The Morgan fingerprint density at radius 2 is 2.07 bits per heavy atom. The Kier molecular flexibility index (Phi) is 4.31. The van der Waals surface area contributed by atoms with Crippen LogP contribution in [0.2, 0.25) is 0 Å². The molecule has 1 saturated heterocycles. The van der Waals surface area contributed by atoms with E-state index < -0.39 is 0 Å². The Morgan fingerprint density at radius 3 is 2.83 bits per heavy atom. The molecule has 1 aliphatic heterocycles. The topological polar surface area (TPSA) is 64.2 Å². The van der Waals surface area contributed by atoms with Gasteiger partial charge < -0.3 is 14.0 Å². The molecule has 2 aromatic heterocycles. The number of carbonyl (C=O) groups excluding carboxylic acids is 1. The zero-order valence-corrected chi connectivity index (χ0v) is 18.3. The van der Waals surface area contributed by atoms with E-state index in [1.54, 1.807) is 0 Å². The summed E-state index contributed by atoms with van der Waals surface area (Å²) >= 11 is 0. The molecule has 2 bridgehead atoms. The quantitative estimate of drug-likeness (QED) is 0.634. The monoisotopic (exact) mass is 406 g/mol. The standard InChI is InChI=1S/C24H30N4O2/c1-16-25-21(30-26-16)8-10-27-9-7-17-11-18(5-6-20(17)27)22(29)28-15-24(4)13-19(28)12-23(2,3)14-24/h5-7,9,11,19H,8,10,12-15H2,1-4H3. The summed E-state index contributed by atoms with van der Waals surface area (Å²) < 4.78 is 7.39. The minimum atomic E-state index is 0.178. The van der Waals surface area contributed by atoms with Gasteiger partial charge in [-0.05, 0) is 61.3 Å². The molecular formula is C24H30N4O2. The molecule has 3 heterocycles. The SMILES string of the molecule is Cc1noc(CCn2ccc3cc(C(=O)N4CC5(C)CC4CC(C)(C)C5)ccc32)n1. The number of hydrogen-bond donors (Lipinski definition) is 0. The second-order valence-corrected chi connectivity index (χ2v) is 10.4. The first-order chi connectivity index (χ1) is 14.2. The molecule has 1 amide bonds. The Balaban J connectivity index is 1.35. The van der Waals surface area contributed by atoms with Crippen LogP contribution in [-0.2, 0) is 13.0 Å². The van der Waals surface area contributed by atoms with E-state index in [2.05, 4.69) is 58.7 Å². The molecule has 1 aliphatic carbocycles. The molecule has 2 unspecified atom stereocenters. The van der Waals surface area contributed by atoms with Crippen LogP contribution in [0.3, 0.4) is 0 Å². The zero-order chi connectivity index (χ0) is 21.1. The van der Waals surface area contributed by atoms with Gasteiger partial charge in [0.1, 0.15) is 0 Å². The molecule has 0 radical (unpaired) electrons. The van der Waals surface area contributed by atoms with Gasteiger partial charge >= 0.3 is 0 Å². The molecule has 2 aliphatic rings. The van der Waals surface area contributed by atoms with E-state index in [1.165, 1.54) is 6.42 Å².